The number of hydrogen-bond acceptors (Lipinski definition) is 4. The summed E-state index contributed by atoms with van der Waals surface area (Å²) in [5, 5.41) is 19.9. The first kappa shape index (κ1) is 20.4. The van der Waals surface area contributed by atoms with E-state index in [2.05, 4.69) is 0 Å². The molecule has 0 atom stereocenters. The van der Waals surface area contributed by atoms with Gasteiger partial charge in [-0.1, -0.05) is 72.8 Å². The van der Waals surface area contributed by atoms with Crippen LogP contribution in [0.4, 0.5) is 0 Å². The van der Waals surface area contributed by atoms with Crippen LogP contribution in [0.5, 0.6) is 0 Å². The minimum atomic E-state index is -1.17. The summed E-state index contributed by atoms with van der Waals surface area (Å²) in [7, 11) is 0. The van der Waals surface area contributed by atoms with Crippen molar-refractivity contribution in [3.63, 3.8) is 0 Å². The molecule has 0 aromatic heterocycles. The second kappa shape index (κ2) is 12.0. The van der Waals surface area contributed by atoms with Gasteiger partial charge in [0.1, 0.15) is 0 Å². The third-order valence-corrected chi connectivity index (χ3v) is 2.42. The van der Waals surface area contributed by atoms with Gasteiger partial charge in [-0.2, -0.15) is 0 Å². The number of benzene rings is 2. The number of hydrogen-bond donors (Lipinski definition) is 0. The SMILES string of the molecule is O=C([O-])/C=C/c1ccccc1.O=C([O-])/C=C/c1ccccc1.[Ni+2]. The Bertz CT molecular complexity index is 590. The van der Waals surface area contributed by atoms with E-state index in [0.29, 0.717) is 0 Å². The molecule has 2 aromatic carbocycles. The molecule has 0 unspecified atom stereocenters. The maximum atomic E-state index is 9.97. The van der Waals surface area contributed by atoms with Crippen molar-refractivity contribution in [1.29, 1.82) is 0 Å². The van der Waals surface area contributed by atoms with Crippen molar-refractivity contribution < 1.29 is 36.3 Å². The quantitative estimate of drug-likeness (QED) is 0.604. The van der Waals surface area contributed by atoms with Gasteiger partial charge in [-0.3, -0.25) is 0 Å². The Morgan fingerprint density at radius 1 is 0.652 bits per heavy atom. The molecule has 0 saturated carbocycles. The molecule has 0 bridgehead atoms. The predicted molar refractivity (Wildman–Crippen MR) is 81.0 cm³/mol. The summed E-state index contributed by atoms with van der Waals surface area (Å²) in [6.45, 7) is 0. The van der Waals surface area contributed by atoms with Gasteiger partial charge in [-0.15, -0.1) is 0 Å². The van der Waals surface area contributed by atoms with E-state index in [-0.39, 0.29) is 16.5 Å². The van der Waals surface area contributed by atoms with Crippen molar-refractivity contribution >= 4 is 24.1 Å². The Morgan fingerprint density at radius 2 is 0.957 bits per heavy atom. The van der Waals surface area contributed by atoms with Crippen molar-refractivity contribution in [2.24, 2.45) is 0 Å². The van der Waals surface area contributed by atoms with Gasteiger partial charge in [0.15, 0.2) is 0 Å². The van der Waals surface area contributed by atoms with Crippen molar-refractivity contribution in [3.05, 3.63) is 83.9 Å². The summed E-state index contributed by atoms with van der Waals surface area (Å²) in [6.07, 6.45) is 5.01. The summed E-state index contributed by atoms with van der Waals surface area (Å²) in [5.41, 5.74) is 1.72. The van der Waals surface area contributed by atoms with Crippen LogP contribution in [0.25, 0.3) is 12.2 Å². The van der Waals surface area contributed by atoms with E-state index in [4.69, 9.17) is 0 Å². The van der Waals surface area contributed by atoms with E-state index < -0.39 is 11.9 Å². The number of carboxylic acid groups (broad SMARTS) is 2. The zero-order valence-corrected chi connectivity index (χ0v) is 13.0. The van der Waals surface area contributed by atoms with Crippen LogP contribution in [0.15, 0.2) is 72.8 Å². The molecule has 0 amide bonds. The predicted octanol–water partition coefficient (Wildman–Crippen LogP) is 0.897. The fraction of sp³-hybridized carbons (Fsp3) is 0. The zero-order chi connectivity index (χ0) is 16.2. The molecule has 2 aromatic rings. The van der Waals surface area contributed by atoms with Crippen molar-refractivity contribution in [2.75, 3.05) is 0 Å². The summed E-state index contributed by atoms with van der Waals surface area (Å²) in [4.78, 5) is 19.9. The molecule has 23 heavy (non-hydrogen) atoms. The Kier molecular flexibility index (Phi) is 10.6. The summed E-state index contributed by atoms with van der Waals surface area (Å²) >= 11 is 0. The minimum absolute atomic E-state index is 0. The molecule has 2 rings (SSSR count). The van der Waals surface area contributed by atoms with E-state index in [0.717, 1.165) is 23.3 Å². The molecule has 0 radical (unpaired) electrons. The Morgan fingerprint density at radius 3 is 1.22 bits per heavy atom. The van der Waals surface area contributed by atoms with Crippen LogP contribution in [0, 0.1) is 0 Å². The molecule has 0 fully saturated rings. The molecule has 0 aliphatic carbocycles. The molecule has 0 aliphatic heterocycles. The van der Waals surface area contributed by atoms with Gasteiger partial charge in [0.25, 0.3) is 0 Å². The van der Waals surface area contributed by atoms with Gasteiger partial charge < -0.3 is 19.8 Å². The van der Waals surface area contributed by atoms with E-state index >= 15 is 0 Å². The molecule has 0 aliphatic rings. The zero-order valence-electron chi connectivity index (χ0n) is 12.0. The van der Waals surface area contributed by atoms with Crippen molar-refractivity contribution in [2.45, 2.75) is 0 Å². The number of carbonyl (C=O) groups is 2. The van der Waals surface area contributed by atoms with E-state index in [1.807, 2.05) is 60.7 Å². The van der Waals surface area contributed by atoms with Crippen LogP contribution < -0.4 is 10.2 Å². The monoisotopic (exact) mass is 352 g/mol. The molecule has 0 saturated heterocycles. The number of aliphatic carboxylic acids is 2. The molecular formula is C18H14NiO4. The molecule has 0 N–H and O–H groups in total. The second-order valence-corrected chi connectivity index (χ2v) is 4.13. The van der Waals surface area contributed by atoms with E-state index in [1.165, 1.54) is 12.2 Å². The first-order valence-corrected chi connectivity index (χ1v) is 6.46. The molecule has 5 heteroatoms. The van der Waals surface area contributed by atoms with Gasteiger partial charge in [0.2, 0.25) is 0 Å². The molecule has 120 valence electrons. The van der Waals surface area contributed by atoms with E-state index in [9.17, 15) is 19.8 Å². The number of carbonyl (C=O) groups excluding carboxylic acids is 2. The van der Waals surface area contributed by atoms with Crippen LogP contribution in [-0.4, -0.2) is 11.9 Å². The normalized spacial score (nSPS) is 9.74. The van der Waals surface area contributed by atoms with Crippen LogP contribution in [0.3, 0.4) is 0 Å². The second-order valence-electron chi connectivity index (χ2n) is 4.13. The number of rotatable bonds is 4. The standard InChI is InChI=1S/2C9H8O2.Ni/c2*10-9(11)7-6-8-4-2-1-3-5-8;/h2*1-7H,(H,10,11);/q;;+2/p-2/b2*7-6+;. The van der Waals surface area contributed by atoms with Crippen LogP contribution >= 0.6 is 0 Å². The Hall–Kier alpha value is -2.65. The van der Waals surface area contributed by atoms with Gasteiger partial charge in [0.05, 0.1) is 11.9 Å². The largest absolute Gasteiger partial charge is 2.00 e. The van der Waals surface area contributed by atoms with E-state index in [1.54, 1.807) is 0 Å². The fourth-order valence-corrected chi connectivity index (χ4v) is 1.46. The maximum Gasteiger partial charge on any atom is 2.00 e. The van der Waals surface area contributed by atoms with Gasteiger partial charge >= 0.3 is 16.5 Å². The van der Waals surface area contributed by atoms with Crippen molar-refractivity contribution in [1.82, 2.24) is 0 Å². The third kappa shape index (κ3) is 10.7. The summed E-state index contributed by atoms with van der Waals surface area (Å²) in [6, 6.07) is 18.4. The van der Waals surface area contributed by atoms with Crippen LogP contribution in [0.1, 0.15) is 11.1 Å². The third-order valence-electron chi connectivity index (χ3n) is 2.42. The topological polar surface area (TPSA) is 80.3 Å². The first-order valence-electron chi connectivity index (χ1n) is 6.46. The smallest absolute Gasteiger partial charge is 0.545 e. The van der Waals surface area contributed by atoms with Gasteiger partial charge in [0, 0.05) is 0 Å². The Labute approximate surface area is 144 Å². The average Bonchev–Trinajstić information content (AvgIpc) is 2.53. The minimum Gasteiger partial charge on any atom is -0.545 e. The first-order chi connectivity index (χ1) is 10.6. The van der Waals surface area contributed by atoms with Crippen LogP contribution in [0.2, 0.25) is 0 Å². The Balaban J connectivity index is 0.000000403. The molecule has 4 nitrogen and oxygen atoms in total. The summed E-state index contributed by atoms with van der Waals surface area (Å²) in [5.74, 6) is -2.34. The van der Waals surface area contributed by atoms with Crippen molar-refractivity contribution in [3.8, 4) is 0 Å². The molecule has 0 spiro atoms. The maximum absolute atomic E-state index is 9.97. The molecular weight excluding hydrogens is 339 g/mol. The summed E-state index contributed by atoms with van der Waals surface area (Å²) < 4.78 is 0. The fourth-order valence-electron chi connectivity index (χ4n) is 1.46. The average molecular weight is 353 g/mol. The van der Waals surface area contributed by atoms with Gasteiger partial charge in [-0.05, 0) is 23.3 Å². The molecule has 0 heterocycles. The van der Waals surface area contributed by atoms with Crippen LogP contribution in [-0.2, 0) is 26.1 Å². The number of carboxylic acids is 2. The van der Waals surface area contributed by atoms with Gasteiger partial charge in [-0.25, -0.2) is 0 Å².